The Morgan fingerprint density at radius 1 is 1.04 bits per heavy atom. The van der Waals surface area contributed by atoms with Crippen LogP contribution in [-0.4, -0.2) is 5.91 Å². The van der Waals surface area contributed by atoms with Crippen molar-refractivity contribution in [3.05, 3.63) is 63.4 Å². The molecule has 0 radical (unpaired) electrons. The lowest BCUT2D eigenvalue weighted by Gasteiger charge is -2.20. The minimum atomic E-state index is -0.537. The molecule has 23 heavy (non-hydrogen) atoms. The number of anilines is 1. The molecule has 0 aliphatic heterocycles. The summed E-state index contributed by atoms with van der Waals surface area (Å²) in [6.45, 7) is 8.31. The standard InChI is InChI=1S/C19H21BrFNO/c1-11(2)14-6-5-7-15(12(3)4)18(14)22-19(23)16-9-8-13(20)10-17(16)21/h5-12H,1-4H3,(H,22,23). The van der Waals surface area contributed by atoms with Gasteiger partial charge in [0.05, 0.1) is 5.56 Å². The maximum Gasteiger partial charge on any atom is 0.258 e. The monoisotopic (exact) mass is 377 g/mol. The molecule has 2 nitrogen and oxygen atoms in total. The molecule has 2 aromatic rings. The second-order valence-corrected chi connectivity index (χ2v) is 7.11. The Hall–Kier alpha value is -1.68. The van der Waals surface area contributed by atoms with E-state index in [-0.39, 0.29) is 17.4 Å². The summed E-state index contributed by atoms with van der Waals surface area (Å²) >= 11 is 3.20. The average molecular weight is 378 g/mol. The minimum Gasteiger partial charge on any atom is -0.321 e. The van der Waals surface area contributed by atoms with Crippen molar-refractivity contribution in [2.45, 2.75) is 39.5 Å². The zero-order valence-electron chi connectivity index (χ0n) is 13.8. The zero-order chi connectivity index (χ0) is 17.1. The molecule has 0 aliphatic carbocycles. The van der Waals surface area contributed by atoms with E-state index in [9.17, 15) is 9.18 Å². The molecule has 0 heterocycles. The van der Waals surface area contributed by atoms with Crippen LogP contribution in [0.5, 0.6) is 0 Å². The number of nitrogens with one attached hydrogen (secondary N) is 1. The van der Waals surface area contributed by atoms with Crippen LogP contribution in [-0.2, 0) is 0 Å². The van der Waals surface area contributed by atoms with E-state index in [1.165, 1.54) is 12.1 Å². The fourth-order valence-electron chi connectivity index (χ4n) is 2.55. The molecule has 4 heteroatoms. The lowest BCUT2D eigenvalue weighted by Crippen LogP contribution is -2.17. The zero-order valence-corrected chi connectivity index (χ0v) is 15.4. The molecule has 0 unspecified atom stereocenters. The van der Waals surface area contributed by atoms with E-state index in [4.69, 9.17) is 0 Å². The lowest BCUT2D eigenvalue weighted by atomic mass is 9.92. The quantitative estimate of drug-likeness (QED) is 0.686. The van der Waals surface area contributed by atoms with Gasteiger partial charge in [-0.3, -0.25) is 4.79 Å². The molecule has 0 fully saturated rings. The van der Waals surface area contributed by atoms with Gasteiger partial charge in [-0.15, -0.1) is 0 Å². The highest BCUT2D eigenvalue weighted by molar-refractivity contribution is 9.10. The van der Waals surface area contributed by atoms with Crippen molar-refractivity contribution in [1.29, 1.82) is 0 Å². The molecule has 0 saturated carbocycles. The first-order chi connectivity index (χ1) is 10.8. The Morgan fingerprint density at radius 3 is 2.09 bits per heavy atom. The van der Waals surface area contributed by atoms with Crippen LogP contribution in [0.3, 0.4) is 0 Å². The van der Waals surface area contributed by atoms with Gasteiger partial charge < -0.3 is 5.32 Å². The summed E-state index contributed by atoms with van der Waals surface area (Å²) in [5, 5.41) is 2.92. The van der Waals surface area contributed by atoms with Gasteiger partial charge in [0.2, 0.25) is 0 Å². The summed E-state index contributed by atoms with van der Waals surface area (Å²) in [6, 6.07) is 10.5. The molecule has 2 rings (SSSR count). The molecular formula is C19H21BrFNO. The second kappa shape index (κ2) is 7.26. The van der Waals surface area contributed by atoms with E-state index in [2.05, 4.69) is 48.9 Å². The molecule has 0 aliphatic rings. The maximum atomic E-state index is 14.0. The van der Waals surface area contributed by atoms with Gasteiger partial charge in [0.15, 0.2) is 0 Å². The fraction of sp³-hybridized carbons (Fsp3) is 0.316. The summed E-state index contributed by atoms with van der Waals surface area (Å²) in [5.41, 5.74) is 2.95. The van der Waals surface area contributed by atoms with E-state index in [0.717, 1.165) is 16.8 Å². The molecule has 122 valence electrons. The molecule has 1 amide bonds. The number of benzene rings is 2. The highest BCUT2D eigenvalue weighted by Crippen LogP contribution is 2.32. The Labute approximate surface area is 145 Å². The SMILES string of the molecule is CC(C)c1cccc(C(C)C)c1NC(=O)c1ccc(Br)cc1F. The molecule has 2 aromatic carbocycles. The Balaban J connectivity index is 2.44. The van der Waals surface area contributed by atoms with Crippen LogP contribution in [0.15, 0.2) is 40.9 Å². The van der Waals surface area contributed by atoms with Crippen molar-refractivity contribution >= 4 is 27.5 Å². The Morgan fingerprint density at radius 2 is 1.61 bits per heavy atom. The number of halogens is 2. The smallest absolute Gasteiger partial charge is 0.258 e. The summed E-state index contributed by atoms with van der Waals surface area (Å²) in [7, 11) is 0. The predicted octanol–water partition coefficient (Wildman–Crippen LogP) is 6.09. The number of carbonyl (C=O) groups is 1. The van der Waals surface area contributed by atoms with Crippen molar-refractivity contribution in [2.24, 2.45) is 0 Å². The number of hydrogen-bond donors (Lipinski definition) is 1. The maximum absolute atomic E-state index is 14.0. The van der Waals surface area contributed by atoms with Crippen molar-refractivity contribution in [1.82, 2.24) is 0 Å². The van der Waals surface area contributed by atoms with Crippen LogP contribution in [0, 0.1) is 5.82 Å². The van der Waals surface area contributed by atoms with Gasteiger partial charge in [-0.25, -0.2) is 4.39 Å². The molecule has 0 bridgehead atoms. The van der Waals surface area contributed by atoms with Gasteiger partial charge in [0, 0.05) is 10.2 Å². The first-order valence-corrected chi connectivity index (χ1v) is 8.49. The van der Waals surface area contributed by atoms with Crippen molar-refractivity contribution in [2.75, 3.05) is 5.32 Å². The number of rotatable bonds is 4. The van der Waals surface area contributed by atoms with Crippen LogP contribution in [0.1, 0.15) is 61.0 Å². The molecule has 0 atom stereocenters. The largest absolute Gasteiger partial charge is 0.321 e. The summed E-state index contributed by atoms with van der Waals surface area (Å²) in [6.07, 6.45) is 0. The van der Waals surface area contributed by atoms with Gasteiger partial charge in [-0.05, 0) is 41.2 Å². The Bertz CT molecular complexity index is 699. The fourth-order valence-corrected chi connectivity index (χ4v) is 2.88. The normalized spacial score (nSPS) is 11.1. The van der Waals surface area contributed by atoms with Gasteiger partial charge in [0.1, 0.15) is 5.82 Å². The molecular weight excluding hydrogens is 357 g/mol. The van der Waals surface area contributed by atoms with E-state index in [1.54, 1.807) is 6.07 Å². The highest BCUT2D eigenvalue weighted by atomic mass is 79.9. The van der Waals surface area contributed by atoms with E-state index in [1.807, 2.05) is 18.2 Å². The van der Waals surface area contributed by atoms with Crippen LogP contribution >= 0.6 is 15.9 Å². The lowest BCUT2D eigenvalue weighted by molar-refractivity contribution is 0.102. The summed E-state index contributed by atoms with van der Waals surface area (Å²) in [5.74, 6) is -0.437. The van der Waals surface area contributed by atoms with E-state index < -0.39 is 11.7 Å². The number of amides is 1. The topological polar surface area (TPSA) is 29.1 Å². The third-order valence-electron chi connectivity index (χ3n) is 3.79. The number of carbonyl (C=O) groups excluding carboxylic acids is 1. The summed E-state index contributed by atoms with van der Waals surface area (Å²) in [4.78, 5) is 12.5. The predicted molar refractivity (Wildman–Crippen MR) is 96.7 cm³/mol. The second-order valence-electron chi connectivity index (χ2n) is 6.20. The van der Waals surface area contributed by atoms with Gasteiger partial charge in [-0.2, -0.15) is 0 Å². The van der Waals surface area contributed by atoms with Crippen LogP contribution in [0.2, 0.25) is 0 Å². The van der Waals surface area contributed by atoms with Crippen molar-refractivity contribution in [3.63, 3.8) is 0 Å². The minimum absolute atomic E-state index is 0.0430. The average Bonchev–Trinajstić information content (AvgIpc) is 2.46. The molecule has 0 saturated heterocycles. The van der Waals surface area contributed by atoms with E-state index >= 15 is 0 Å². The van der Waals surface area contributed by atoms with Gasteiger partial charge >= 0.3 is 0 Å². The van der Waals surface area contributed by atoms with E-state index in [0.29, 0.717) is 4.47 Å². The Kier molecular flexibility index (Phi) is 5.58. The molecule has 0 aromatic heterocycles. The van der Waals surface area contributed by atoms with Gasteiger partial charge in [0.25, 0.3) is 5.91 Å². The van der Waals surface area contributed by atoms with Crippen molar-refractivity contribution < 1.29 is 9.18 Å². The van der Waals surface area contributed by atoms with Crippen molar-refractivity contribution in [3.8, 4) is 0 Å². The highest BCUT2D eigenvalue weighted by Gasteiger charge is 2.18. The number of para-hydroxylation sites is 1. The molecule has 1 N–H and O–H groups in total. The van der Waals surface area contributed by atoms with Gasteiger partial charge in [-0.1, -0.05) is 61.8 Å². The molecule has 0 spiro atoms. The third kappa shape index (κ3) is 3.99. The summed E-state index contributed by atoms with van der Waals surface area (Å²) < 4.78 is 14.6. The first kappa shape index (κ1) is 17.7. The first-order valence-electron chi connectivity index (χ1n) is 7.70. The third-order valence-corrected chi connectivity index (χ3v) is 4.28. The van der Waals surface area contributed by atoms with Crippen LogP contribution in [0.4, 0.5) is 10.1 Å². The number of hydrogen-bond acceptors (Lipinski definition) is 1. The van der Waals surface area contributed by atoms with Crippen LogP contribution in [0.25, 0.3) is 0 Å². The van der Waals surface area contributed by atoms with Crippen LogP contribution < -0.4 is 5.32 Å².